The van der Waals surface area contributed by atoms with E-state index in [1.807, 2.05) is 36.4 Å². The molecule has 0 N–H and O–H groups in total. The number of hydrogen-bond acceptors (Lipinski definition) is 4. The highest BCUT2D eigenvalue weighted by atomic mass is 127. The molecule has 0 amide bonds. The second-order valence-electron chi connectivity index (χ2n) is 5.24. The van der Waals surface area contributed by atoms with Gasteiger partial charge in [0.05, 0.1) is 18.0 Å². The number of ether oxygens (including phenoxy) is 1. The topological polar surface area (TPSA) is 39.2 Å². The lowest BCUT2D eigenvalue weighted by Crippen LogP contribution is -2.04. The van der Waals surface area contributed by atoms with Crippen LogP contribution in [0.4, 0.5) is 0 Å². The normalized spacial score (nSPS) is 11.4. The summed E-state index contributed by atoms with van der Waals surface area (Å²) in [6.07, 6.45) is 0. The highest BCUT2D eigenvalue weighted by Gasteiger charge is 2.15. The maximum absolute atomic E-state index is 13.2. The molecular weight excluding hydrogens is 421 g/mol. The zero-order chi connectivity index (χ0) is 16.0. The Bertz CT molecular complexity index is 1120. The van der Waals surface area contributed by atoms with Crippen molar-refractivity contribution in [1.82, 2.24) is 4.98 Å². The summed E-state index contributed by atoms with van der Waals surface area (Å²) in [5.74, 6) is 0.515. The Hall–Kier alpha value is -1.73. The van der Waals surface area contributed by atoms with Gasteiger partial charge in [-0.1, -0.05) is 46.9 Å². The maximum Gasteiger partial charge on any atom is 0.232 e. The van der Waals surface area contributed by atoms with Gasteiger partial charge in [0.2, 0.25) is 5.88 Å². The first-order valence-electron chi connectivity index (χ1n) is 7.11. The standard InChI is InChI=1S/C18H12INO2S/c1-22-18-17-15(11-4-2-3-5-13(11)20-18)16(21)12-8-10(9-19)6-7-14(12)23-17/h2-8H,9H2,1H3. The number of pyridine rings is 1. The number of para-hydroxylation sites is 1. The molecule has 0 aliphatic rings. The van der Waals surface area contributed by atoms with Crippen LogP contribution in [0.2, 0.25) is 0 Å². The fraction of sp³-hybridized carbons (Fsp3) is 0.111. The van der Waals surface area contributed by atoms with Crippen LogP contribution < -0.4 is 10.2 Å². The molecule has 0 aliphatic carbocycles. The maximum atomic E-state index is 13.2. The molecule has 23 heavy (non-hydrogen) atoms. The first-order valence-corrected chi connectivity index (χ1v) is 9.45. The summed E-state index contributed by atoms with van der Waals surface area (Å²) in [5.41, 5.74) is 2.00. The van der Waals surface area contributed by atoms with E-state index in [1.165, 1.54) is 0 Å². The van der Waals surface area contributed by atoms with Crippen molar-refractivity contribution in [2.45, 2.75) is 4.43 Å². The van der Waals surface area contributed by atoms with E-state index >= 15 is 0 Å². The number of aromatic nitrogens is 1. The van der Waals surface area contributed by atoms with E-state index in [2.05, 4.69) is 33.6 Å². The molecule has 2 heterocycles. The number of hydrogen-bond donors (Lipinski definition) is 0. The van der Waals surface area contributed by atoms with Gasteiger partial charge in [-0.3, -0.25) is 4.79 Å². The van der Waals surface area contributed by atoms with Gasteiger partial charge in [-0.15, -0.1) is 11.3 Å². The van der Waals surface area contributed by atoms with Gasteiger partial charge in [-0.05, 0) is 23.8 Å². The number of rotatable bonds is 2. The zero-order valence-corrected chi connectivity index (χ0v) is 15.3. The van der Waals surface area contributed by atoms with E-state index in [1.54, 1.807) is 18.4 Å². The van der Waals surface area contributed by atoms with Gasteiger partial charge < -0.3 is 4.74 Å². The average molecular weight is 433 g/mol. The Kier molecular flexibility index (Phi) is 3.69. The van der Waals surface area contributed by atoms with Crippen molar-refractivity contribution in [3.8, 4) is 5.88 Å². The number of methoxy groups -OCH3 is 1. The van der Waals surface area contributed by atoms with Crippen LogP contribution in [0.3, 0.4) is 0 Å². The van der Waals surface area contributed by atoms with Crippen molar-refractivity contribution in [3.05, 3.63) is 58.3 Å². The summed E-state index contributed by atoms with van der Waals surface area (Å²) < 4.78 is 8.10. The van der Waals surface area contributed by atoms with Crippen LogP contribution in [-0.4, -0.2) is 12.1 Å². The molecule has 4 rings (SSSR count). The van der Waals surface area contributed by atoms with E-state index in [0.717, 1.165) is 35.7 Å². The second kappa shape index (κ2) is 5.72. The molecule has 0 atom stereocenters. The van der Waals surface area contributed by atoms with Crippen LogP contribution in [0.15, 0.2) is 47.3 Å². The predicted octanol–water partition coefficient (Wildman–Crippen LogP) is 4.91. The number of fused-ring (bicyclic) bond motifs is 4. The minimum absolute atomic E-state index is 0.0531. The molecule has 0 saturated carbocycles. The highest BCUT2D eigenvalue weighted by molar-refractivity contribution is 14.1. The van der Waals surface area contributed by atoms with Gasteiger partial charge in [0.15, 0.2) is 5.43 Å². The molecule has 4 aromatic rings. The molecule has 0 fully saturated rings. The van der Waals surface area contributed by atoms with Crippen LogP contribution in [0, 0.1) is 0 Å². The monoisotopic (exact) mass is 433 g/mol. The van der Waals surface area contributed by atoms with E-state index in [4.69, 9.17) is 4.74 Å². The third-order valence-corrected chi connectivity index (χ3v) is 5.93. The Labute approximate surface area is 150 Å². The number of halogens is 1. The fourth-order valence-electron chi connectivity index (χ4n) is 2.80. The van der Waals surface area contributed by atoms with E-state index in [9.17, 15) is 4.79 Å². The molecule has 5 heteroatoms. The lowest BCUT2D eigenvalue weighted by molar-refractivity contribution is 0.405. The van der Waals surface area contributed by atoms with Gasteiger partial charge in [-0.25, -0.2) is 4.98 Å². The zero-order valence-electron chi connectivity index (χ0n) is 12.3. The van der Waals surface area contributed by atoms with Gasteiger partial charge in [0.25, 0.3) is 0 Å². The van der Waals surface area contributed by atoms with Crippen molar-refractivity contribution < 1.29 is 4.74 Å². The minimum atomic E-state index is 0.0531. The smallest absolute Gasteiger partial charge is 0.232 e. The molecule has 0 bridgehead atoms. The van der Waals surface area contributed by atoms with Crippen molar-refractivity contribution in [1.29, 1.82) is 0 Å². The third-order valence-electron chi connectivity index (χ3n) is 3.89. The molecule has 0 radical (unpaired) electrons. The molecule has 3 nitrogen and oxygen atoms in total. The summed E-state index contributed by atoms with van der Waals surface area (Å²) in [5, 5.41) is 2.36. The second-order valence-corrected chi connectivity index (χ2v) is 7.05. The van der Waals surface area contributed by atoms with Gasteiger partial charge in [0.1, 0.15) is 4.70 Å². The van der Waals surface area contributed by atoms with E-state index in [-0.39, 0.29) is 5.43 Å². The predicted molar refractivity (Wildman–Crippen MR) is 105 cm³/mol. The van der Waals surface area contributed by atoms with Crippen LogP contribution >= 0.6 is 33.9 Å². The molecule has 0 aliphatic heterocycles. The Morgan fingerprint density at radius 1 is 1.17 bits per heavy atom. The number of alkyl halides is 1. The third kappa shape index (κ3) is 2.30. The Morgan fingerprint density at radius 3 is 2.78 bits per heavy atom. The minimum Gasteiger partial charge on any atom is -0.480 e. The van der Waals surface area contributed by atoms with Crippen molar-refractivity contribution in [2.75, 3.05) is 7.11 Å². The molecule has 0 spiro atoms. The molecule has 2 aromatic carbocycles. The van der Waals surface area contributed by atoms with Crippen molar-refractivity contribution in [3.63, 3.8) is 0 Å². The molecule has 114 valence electrons. The van der Waals surface area contributed by atoms with Gasteiger partial charge in [-0.2, -0.15) is 0 Å². The van der Waals surface area contributed by atoms with Crippen LogP contribution in [0.1, 0.15) is 5.56 Å². The lowest BCUT2D eigenvalue weighted by atomic mass is 10.1. The number of nitrogens with zero attached hydrogens (tertiary/aromatic N) is 1. The summed E-state index contributed by atoms with van der Waals surface area (Å²) in [7, 11) is 1.59. The average Bonchev–Trinajstić information content (AvgIpc) is 2.60. The highest BCUT2D eigenvalue weighted by Crippen LogP contribution is 2.35. The quantitative estimate of drug-likeness (QED) is 0.195. The van der Waals surface area contributed by atoms with Crippen molar-refractivity contribution >= 4 is 65.0 Å². The summed E-state index contributed by atoms with van der Waals surface area (Å²) >= 11 is 3.87. The molecular formula is C18H12INO2S. The van der Waals surface area contributed by atoms with Crippen molar-refractivity contribution in [2.24, 2.45) is 0 Å². The fourth-order valence-corrected chi connectivity index (χ4v) is 4.41. The van der Waals surface area contributed by atoms with Crippen LogP contribution in [0.25, 0.3) is 31.1 Å². The largest absolute Gasteiger partial charge is 0.480 e. The molecule has 0 saturated heterocycles. The van der Waals surface area contributed by atoms with Crippen LogP contribution in [-0.2, 0) is 4.43 Å². The summed E-state index contributed by atoms with van der Waals surface area (Å²) in [6.45, 7) is 0. The SMILES string of the molecule is COc1nc2ccccc2c2c(=O)c3cc(CI)ccc3sc12. The van der Waals surface area contributed by atoms with Gasteiger partial charge in [0, 0.05) is 19.9 Å². The molecule has 0 unspecified atom stereocenters. The number of benzene rings is 2. The first kappa shape index (κ1) is 14.8. The molecule has 2 aromatic heterocycles. The first-order chi connectivity index (χ1) is 11.2. The van der Waals surface area contributed by atoms with E-state index < -0.39 is 0 Å². The summed E-state index contributed by atoms with van der Waals surface area (Å²) in [4.78, 5) is 17.7. The Balaban J connectivity index is 2.29. The van der Waals surface area contributed by atoms with Gasteiger partial charge >= 0.3 is 0 Å². The van der Waals surface area contributed by atoms with E-state index in [0.29, 0.717) is 11.3 Å². The lowest BCUT2D eigenvalue weighted by Gasteiger charge is -2.09. The Morgan fingerprint density at radius 2 is 2.00 bits per heavy atom. The van der Waals surface area contributed by atoms with Crippen LogP contribution in [0.5, 0.6) is 5.88 Å². The summed E-state index contributed by atoms with van der Waals surface area (Å²) in [6, 6.07) is 13.8.